The quantitative estimate of drug-likeness (QED) is 0.157. The molecular formula is C27H24ClIN2O4. The zero-order valence-corrected chi connectivity index (χ0v) is 22.2. The molecule has 35 heavy (non-hydrogen) atoms. The van der Waals surface area contributed by atoms with Crippen LogP contribution < -0.4 is 19.2 Å². The highest BCUT2D eigenvalue weighted by Gasteiger charge is 2.28. The van der Waals surface area contributed by atoms with Crippen molar-refractivity contribution in [2.45, 2.75) is 13.3 Å². The summed E-state index contributed by atoms with van der Waals surface area (Å²) in [6, 6.07) is 20.5. The molecule has 0 saturated carbocycles. The zero-order chi connectivity index (χ0) is 24.8. The van der Waals surface area contributed by atoms with Crippen molar-refractivity contribution in [1.29, 1.82) is 0 Å². The molecule has 4 rings (SSSR count). The fourth-order valence-corrected chi connectivity index (χ4v) is 4.42. The summed E-state index contributed by atoms with van der Waals surface area (Å²) in [5, 5.41) is 6.54. The Morgan fingerprint density at radius 2 is 1.74 bits per heavy atom. The molecule has 8 heteroatoms. The van der Waals surface area contributed by atoms with E-state index in [1.54, 1.807) is 19.2 Å². The number of carbonyl (C=O) groups is 1. The van der Waals surface area contributed by atoms with Crippen LogP contribution in [0.25, 0.3) is 6.08 Å². The number of rotatable bonds is 9. The smallest absolute Gasteiger partial charge is 0.280 e. The number of benzene rings is 3. The molecule has 3 aromatic rings. The van der Waals surface area contributed by atoms with Gasteiger partial charge in [0, 0.05) is 11.4 Å². The highest BCUT2D eigenvalue weighted by atomic mass is 127. The molecule has 0 spiro atoms. The predicted octanol–water partition coefficient (Wildman–Crippen LogP) is 6.61. The normalized spacial score (nSPS) is 14.3. The van der Waals surface area contributed by atoms with E-state index in [1.807, 2.05) is 67.6 Å². The Balaban J connectivity index is 1.42. The molecule has 0 unspecified atom stereocenters. The van der Waals surface area contributed by atoms with Crippen molar-refractivity contribution in [3.63, 3.8) is 0 Å². The van der Waals surface area contributed by atoms with E-state index >= 15 is 0 Å². The molecule has 1 heterocycles. The first-order valence-corrected chi connectivity index (χ1v) is 12.5. The van der Waals surface area contributed by atoms with E-state index in [-0.39, 0.29) is 5.91 Å². The maximum absolute atomic E-state index is 13.0. The lowest BCUT2D eigenvalue weighted by Gasteiger charge is -2.14. The zero-order valence-electron chi connectivity index (χ0n) is 19.3. The molecule has 0 saturated heterocycles. The van der Waals surface area contributed by atoms with Gasteiger partial charge in [-0.3, -0.25) is 4.79 Å². The average molecular weight is 603 g/mol. The predicted molar refractivity (Wildman–Crippen MR) is 148 cm³/mol. The van der Waals surface area contributed by atoms with Gasteiger partial charge in [0.2, 0.25) is 0 Å². The van der Waals surface area contributed by atoms with Crippen LogP contribution in [-0.4, -0.2) is 31.9 Å². The van der Waals surface area contributed by atoms with E-state index < -0.39 is 0 Å². The monoisotopic (exact) mass is 602 g/mol. The number of hydrogen-bond donors (Lipinski definition) is 0. The first kappa shape index (κ1) is 25.1. The van der Waals surface area contributed by atoms with Gasteiger partial charge in [0.1, 0.15) is 5.75 Å². The third-order valence-corrected chi connectivity index (χ3v) is 6.30. The second-order valence-corrected chi connectivity index (χ2v) is 9.33. The average Bonchev–Trinajstić information content (AvgIpc) is 3.14. The fourth-order valence-electron chi connectivity index (χ4n) is 3.51. The van der Waals surface area contributed by atoms with E-state index in [0.717, 1.165) is 20.6 Å². The second kappa shape index (κ2) is 11.6. The van der Waals surface area contributed by atoms with E-state index in [4.69, 9.17) is 25.8 Å². The molecular weight excluding hydrogens is 579 g/mol. The van der Waals surface area contributed by atoms with Gasteiger partial charge in [-0.1, -0.05) is 29.8 Å². The van der Waals surface area contributed by atoms with Crippen LogP contribution in [0.2, 0.25) is 5.02 Å². The van der Waals surface area contributed by atoms with Gasteiger partial charge in [-0.2, -0.15) is 10.1 Å². The van der Waals surface area contributed by atoms with Crippen LogP contribution in [0.4, 0.5) is 5.69 Å². The number of para-hydroxylation sites is 1. The number of ether oxygens (including phenoxy) is 3. The molecule has 1 amide bonds. The molecule has 180 valence electrons. The molecule has 6 nitrogen and oxygen atoms in total. The second-order valence-electron chi connectivity index (χ2n) is 7.73. The Hall–Kier alpha value is -3.04. The van der Waals surface area contributed by atoms with Gasteiger partial charge in [-0.15, -0.1) is 0 Å². The Kier molecular flexibility index (Phi) is 8.30. The molecule has 0 radical (unpaired) electrons. The minimum Gasteiger partial charge on any atom is -0.493 e. The number of halogens is 2. The van der Waals surface area contributed by atoms with Crippen LogP contribution in [-0.2, 0) is 4.79 Å². The molecule has 0 fully saturated rings. The van der Waals surface area contributed by atoms with Gasteiger partial charge in [0.25, 0.3) is 5.91 Å². The summed E-state index contributed by atoms with van der Waals surface area (Å²) < 4.78 is 18.2. The summed E-state index contributed by atoms with van der Waals surface area (Å²) >= 11 is 8.11. The molecule has 0 atom stereocenters. The fraction of sp³-hybridized carbons (Fsp3) is 0.185. The number of hydrazone groups is 1. The summed E-state index contributed by atoms with van der Waals surface area (Å²) in [4.78, 5) is 13.0. The van der Waals surface area contributed by atoms with E-state index in [2.05, 4.69) is 27.7 Å². The Labute approximate surface area is 223 Å². The topological polar surface area (TPSA) is 60.4 Å². The van der Waals surface area contributed by atoms with Crippen molar-refractivity contribution >= 4 is 57.6 Å². The summed E-state index contributed by atoms with van der Waals surface area (Å²) in [6.07, 6.45) is 2.53. The highest BCUT2D eigenvalue weighted by Crippen LogP contribution is 2.35. The van der Waals surface area contributed by atoms with Gasteiger partial charge in [-0.05, 0) is 89.7 Å². The van der Waals surface area contributed by atoms with E-state index in [1.165, 1.54) is 5.01 Å². The SMILES string of the molecule is COc1cc(/C=C2\C(=O)N(c3ccccc3)N=C2C)cc(I)c1OCCCOc1ccc(Cl)cc1. The molecule has 0 aromatic heterocycles. The van der Waals surface area contributed by atoms with Crippen molar-refractivity contribution in [2.75, 3.05) is 25.3 Å². The Bertz CT molecular complexity index is 1260. The molecule has 0 N–H and O–H groups in total. The maximum atomic E-state index is 13.0. The van der Waals surface area contributed by atoms with Crippen LogP contribution in [0.5, 0.6) is 17.2 Å². The molecule has 1 aliphatic heterocycles. The minimum atomic E-state index is -0.163. The lowest BCUT2D eigenvalue weighted by atomic mass is 10.1. The summed E-state index contributed by atoms with van der Waals surface area (Å²) in [6.45, 7) is 2.82. The van der Waals surface area contributed by atoms with Gasteiger partial charge >= 0.3 is 0 Å². The highest BCUT2D eigenvalue weighted by molar-refractivity contribution is 14.1. The van der Waals surface area contributed by atoms with Gasteiger partial charge in [0.15, 0.2) is 11.5 Å². The number of nitrogens with zero attached hydrogens (tertiary/aromatic N) is 2. The number of methoxy groups -OCH3 is 1. The first-order valence-electron chi connectivity index (χ1n) is 11.0. The van der Waals surface area contributed by atoms with Crippen LogP contribution in [0.3, 0.4) is 0 Å². The lowest BCUT2D eigenvalue weighted by molar-refractivity contribution is -0.114. The summed E-state index contributed by atoms with van der Waals surface area (Å²) in [7, 11) is 1.60. The van der Waals surface area contributed by atoms with Gasteiger partial charge in [-0.25, -0.2) is 0 Å². The van der Waals surface area contributed by atoms with Crippen LogP contribution in [0.15, 0.2) is 77.4 Å². The van der Waals surface area contributed by atoms with Crippen molar-refractivity contribution in [2.24, 2.45) is 5.10 Å². The number of amides is 1. The lowest BCUT2D eigenvalue weighted by Crippen LogP contribution is -2.21. The molecule has 0 bridgehead atoms. The van der Waals surface area contributed by atoms with E-state index in [0.29, 0.717) is 47.4 Å². The number of anilines is 1. The Morgan fingerprint density at radius 1 is 1.03 bits per heavy atom. The molecule has 0 aliphatic carbocycles. The van der Waals surface area contributed by atoms with Crippen LogP contribution >= 0.6 is 34.2 Å². The minimum absolute atomic E-state index is 0.163. The molecule has 3 aromatic carbocycles. The van der Waals surface area contributed by atoms with Crippen LogP contribution in [0.1, 0.15) is 18.9 Å². The summed E-state index contributed by atoms with van der Waals surface area (Å²) in [5.74, 6) is 1.87. The number of hydrogen-bond acceptors (Lipinski definition) is 5. The van der Waals surface area contributed by atoms with Gasteiger partial charge in [0.05, 0.1) is 40.9 Å². The van der Waals surface area contributed by atoms with Crippen molar-refractivity contribution < 1.29 is 19.0 Å². The number of carbonyl (C=O) groups excluding carboxylic acids is 1. The van der Waals surface area contributed by atoms with E-state index in [9.17, 15) is 4.79 Å². The largest absolute Gasteiger partial charge is 0.493 e. The maximum Gasteiger partial charge on any atom is 0.280 e. The molecule has 1 aliphatic rings. The first-order chi connectivity index (χ1) is 17.0. The Morgan fingerprint density at radius 3 is 2.46 bits per heavy atom. The van der Waals surface area contributed by atoms with Crippen molar-refractivity contribution in [1.82, 2.24) is 0 Å². The third-order valence-electron chi connectivity index (χ3n) is 5.24. The van der Waals surface area contributed by atoms with Crippen LogP contribution in [0, 0.1) is 3.57 Å². The summed E-state index contributed by atoms with van der Waals surface area (Å²) in [5.41, 5.74) is 2.77. The third kappa shape index (κ3) is 6.15. The standard InChI is InChI=1S/C27H24ClIN2O4/c1-18-23(27(32)31(30-18)21-7-4-3-5-8-21)15-19-16-24(29)26(25(17-19)33-2)35-14-6-13-34-22-11-9-20(28)10-12-22/h3-5,7-12,15-17H,6,13-14H2,1-2H3/b23-15-. The van der Waals surface area contributed by atoms with Crippen molar-refractivity contribution in [3.05, 3.63) is 86.5 Å². The van der Waals surface area contributed by atoms with Crippen molar-refractivity contribution in [3.8, 4) is 17.2 Å². The van der Waals surface area contributed by atoms with Gasteiger partial charge < -0.3 is 14.2 Å².